The topological polar surface area (TPSA) is 115 Å². The predicted octanol–water partition coefficient (Wildman–Crippen LogP) is 2.26. The number of hydrazine groups is 1. The monoisotopic (exact) mass is 422 g/mol. The Morgan fingerprint density at radius 1 is 1.14 bits per heavy atom. The fourth-order valence-corrected chi connectivity index (χ4v) is 6.07. The zero-order valence-corrected chi connectivity index (χ0v) is 17.2. The molecule has 2 N–H and O–H groups in total. The molecule has 9 heteroatoms. The van der Waals surface area contributed by atoms with E-state index in [1.165, 1.54) is 5.01 Å². The van der Waals surface area contributed by atoms with Gasteiger partial charge in [-0.25, -0.2) is 9.80 Å². The minimum Gasteiger partial charge on any atom is -0.480 e. The van der Waals surface area contributed by atoms with E-state index in [-0.39, 0.29) is 37.9 Å². The summed E-state index contributed by atoms with van der Waals surface area (Å²) in [5, 5.41) is 11.6. The van der Waals surface area contributed by atoms with Gasteiger partial charge in [0.2, 0.25) is 13.3 Å². The molecule has 2 aliphatic rings. The van der Waals surface area contributed by atoms with Crippen molar-refractivity contribution in [3.8, 4) is 0 Å². The zero-order chi connectivity index (χ0) is 21.0. The Balaban J connectivity index is 1.69. The summed E-state index contributed by atoms with van der Waals surface area (Å²) in [7, 11) is -3.88. The van der Waals surface area contributed by atoms with E-state index in [0.717, 1.165) is 17.0 Å². The number of carbonyl (C=O) groups excluding carboxylic acids is 2. The smallest absolute Gasteiger partial charge is 0.328 e. The van der Waals surface area contributed by atoms with Crippen LogP contribution in [0.3, 0.4) is 0 Å². The number of amides is 2. The number of carboxylic acid groups (broad SMARTS) is 1. The van der Waals surface area contributed by atoms with Crippen molar-refractivity contribution in [3.63, 3.8) is 0 Å². The number of hydrogen-bond acceptors (Lipinski definition) is 4. The molecule has 1 unspecified atom stereocenters. The highest BCUT2D eigenvalue weighted by Crippen LogP contribution is 2.51. The zero-order valence-electron chi connectivity index (χ0n) is 16.3. The van der Waals surface area contributed by atoms with E-state index in [2.05, 4.69) is 0 Å². The van der Waals surface area contributed by atoms with Crippen LogP contribution in [-0.4, -0.2) is 62.2 Å². The van der Waals surface area contributed by atoms with E-state index in [0.29, 0.717) is 19.3 Å². The minimum absolute atomic E-state index is 0.0178. The third-order valence-electron chi connectivity index (χ3n) is 5.64. The van der Waals surface area contributed by atoms with Gasteiger partial charge in [-0.15, -0.1) is 0 Å². The van der Waals surface area contributed by atoms with Crippen molar-refractivity contribution in [2.24, 2.45) is 0 Å². The molecule has 158 valence electrons. The van der Waals surface area contributed by atoms with Crippen molar-refractivity contribution >= 4 is 25.2 Å². The summed E-state index contributed by atoms with van der Waals surface area (Å²) in [6, 6.07) is 8.64. The van der Waals surface area contributed by atoms with Crippen molar-refractivity contribution in [1.29, 1.82) is 0 Å². The van der Waals surface area contributed by atoms with Crippen molar-refractivity contribution in [2.45, 2.75) is 56.6 Å². The first kappa shape index (κ1) is 21.5. The molecule has 0 spiro atoms. The molecular formula is C20H27N2O6P. The second-order valence-corrected chi connectivity index (χ2v) is 10.3. The van der Waals surface area contributed by atoms with Gasteiger partial charge in [0.05, 0.1) is 0 Å². The summed E-state index contributed by atoms with van der Waals surface area (Å²) in [4.78, 5) is 47.8. The summed E-state index contributed by atoms with van der Waals surface area (Å²) < 4.78 is 13.0. The van der Waals surface area contributed by atoms with E-state index >= 15 is 0 Å². The summed E-state index contributed by atoms with van der Waals surface area (Å²) in [6.45, 7) is 0.258. The van der Waals surface area contributed by atoms with E-state index in [1.807, 2.05) is 30.3 Å². The molecule has 0 bridgehead atoms. The number of fused-ring (bicyclic) bond motifs is 1. The number of carboxylic acids is 1. The fourth-order valence-electron chi connectivity index (χ4n) is 4.09. The highest BCUT2D eigenvalue weighted by Gasteiger charge is 2.49. The van der Waals surface area contributed by atoms with Crippen LogP contribution in [0.4, 0.5) is 0 Å². The molecule has 2 fully saturated rings. The van der Waals surface area contributed by atoms with Crippen molar-refractivity contribution in [3.05, 3.63) is 35.9 Å². The largest absolute Gasteiger partial charge is 0.480 e. The molecule has 2 amide bonds. The van der Waals surface area contributed by atoms with Gasteiger partial charge in [-0.1, -0.05) is 30.3 Å². The maximum Gasteiger partial charge on any atom is 0.328 e. The van der Waals surface area contributed by atoms with E-state index in [4.69, 9.17) is 0 Å². The summed E-state index contributed by atoms with van der Waals surface area (Å²) in [5.74, 6) is -2.28. The second-order valence-electron chi connectivity index (χ2n) is 7.67. The van der Waals surface area contributed by atoms with Gasteiger partial charge in [-0.2, -0.15) is 0 Å². The Morgan fingerprint density at radius 2 is 1.86 bits per heavy atom. The van der Waals surface area contributed by atoms with Crippen LogP contribution >= 0.6 is 7.37 Å². The van der Waals surface area contributed by atoms with Crippen LogP contribution in [0.2, 0.25) is 0 Å². The van der Waals surface area contributed by atoms with Crippen LogP contribution in [-0.2, 0) is 25.4 Å². The third kappa shape index (κ3) is 4.87. The van der Waals surface area contributed by atoms with Gasteiger partial charge in [0.15, 0.2) is 6.04 Å². The molecule has 1 aromatic carbocycles. The highest BCUT2D eigenvalue weighted by atomic mass is 31.2. The molecule has 0 aromatic heterocycles. The van der Waals surface area contributed by atoms with E-state index in [1.54, 1.807) is 0 Å². The molecule has 0 radical (unpaired) electrons. The van der Waals surface area contributed by atoms with Gasteiger partial charge in [-0.3, -0.25) is 19.2 Å². The van der Waals surface area contributed by atoms with Crippen molar-refractivity contribution < 1.29 is 28.9 Å². The Labute approximate surface area is 169 Å². The molecule has 0 saturated carbocycles. The van der Waals surface area contributed by atoms with Crippen LogP contribution < -0.4 is 0 Å². The molecule has 2 heterocycles. The van der Waals surface area contributed by atoms with Gasteiger partial charge in [0.25, 0.3) is 5.91 Å². The molecular weight excluding hydrogens is 395 g/mol. The average molecular weight is 422 g/mol. The lowest BCUT2D eigenvalue weighted by atomic mass is 10.1. The van der Waals surface area contributed by atoms with Crippen LogP contribution in [0.25, 0.3) is 0 Å². The Hall–Kier alpha value is -2.18. The van der Waals surface area contributed by atoms with Crippen LogP contribution in [0.1, 0.15) is 44.1 Å². The summed E-state index contributed by atoms with van der Waals surface area (Å²) >= 11 is 0. The molecule has 2 saturated heterocycles. The number of hydrogen-bond donors (Lipinski definition) is 2. The number of carbonyl (C=O) groups is 3. The highest BCUT2D eigenvalue weighted by molar-refractivity contribution is 7.59. The third-order valence-corrected chi connectivity index (χ3v) is 8.05. The molecule has 3 atom stereocenters. The van der Waals surface area contributed by atoms with Gasteiger partial charge < -0.3 is 10.00 Å². The SMILES string of the molecule is O=C(O)[C@@H]1CCCN2C(=O)CC[C@H](P(=O)(O)CCCCc3ccccc3)C(=O)N12. The molecule has 2 aliphatic heterocycles. The lowest BCUT2D eigenvalue weighted by Gasteiger charge is -2.42. The number of aliphatic carboxylic acids is 1. The van der Waals surface area contributed by atoms with Crippen LogP contribution in [0.15, 0.2) is 30.3 Å². The first-order valence-electron chi connectivity index (χ1n) is 10.0. The minimum atomic E-state index is -3.88. The number of unbranched alkanes of at least 4 members (excludes halogenated alkanes) is 1. The van der Waals surface area contributed by atoms with Gasteiger partial charge >= 0.3 is 5.97 Å². The molecule has 3 rings (SSSR count). The van der Waals surface area contributed by atoms with Crippen LogP contribution in [0, 0.1) is 0 Å². The quantitative estimate of drug-likeness (QED) is 0.515. The van der Waals surface area contributed by atoms with Gasteiger partial charge in [-0.05, 0) is 44.1 Å². The number of nitrogens with zero attached hydrogens (tertiary/aromatic N) is 2. The lowest BCUT2D eigenvalue weighted by Crippen LogP contribution is -2.60. The van der Waals surface area contributed by atoms with Crippen molar-refractivity contribution in [1.82, 2.24) is 10.0 Å². The number of benzene rings is 1. The molecule has 29 heavy (non-hydrogen) atoms. The standard InChI is InChI=1S/C20H27N2O6P/c23-18-12-11-17(19(24)22-16(20(25)26)10-6-13-21(18)22)29(27,28)14-5-4-9-15-7-2-1-3-8-15/h1-3,7-8,16-17H,4-6,9-14H2,(H,25,26)(H,27,28)/t16-,17-/m0/s1. The molecule has 8 nitrogen and oxygen atoms in total. The van der Waals surface area contributed by atoms with Crippen LogP contribution in [0.5, 0.6) is 0 Å². The number of aryl methyl sites for hydroxylation is 1. The van der Waals surface area contributed by atoms with Gasteiger partial charge in [0.1, 0.15) is 5.66 Å². The molecule has 0 aliphatic carbocycles. The first-order valence-corrected chi connectivity index (χ1v) is 11.9. The average Bonchev–Trinajstić information content (AvgIpc) is 2.83. The van der Waals surface area contributed by atoms with Gasteiger partial charge in [0, 0.05) is 19.1 Å². The Kier molecular flexibility index (Phi) is 6.75. The normalized spacial score (nSPS) is 24.6. The second kappa shape index (κ2) is 9.09. The van der Waals surface area contributed by atoms with E-state index in [9.17, 15) is 28.9 Å². The number of rotatable bonds is 7. The lowest BCUT2D eigenvalue weighted by molar-refractivity contribution is -0.179. The summed E-state index contributed by atoms with van der Waals surface area (Å²) in [5.41, 5.74) is -0.0854. The molecule has 1 aromatic rings. The maximum atomic E-state index is 13.1. The summed E-state index contributed by atoms with van der Waals surface area (Å²) in [6.07, 6.45) is 2.60. The first-order chi connectivity index (χ1) is 13.8. The Bertz CT molecular complexity index is 814. The predicted molar refractivity (Wildman–Crippen MR) is 106 cm³/mol. The maximum absolute atomic E-state index is 13.1. The van der Waals surface area contributed by atoms with Crippen molar-refractivity contribution in [2.75, 3.05) is 12.7 Å². The Morgan fingerprint density at radius 3 is 2.55 bits per heavy atom. The van der Waals surface area contributed by atoms with E-state index < -0.39 is 30.9 Å². The fraction of sp³-hybridized carbons (Fsp3) is 0.550.